The number of H-pyrrole nitrogens is 1. The van der Waals surface area contributed by atoms with E-state index in [1.807, 2.05) is 10.5 Å². The van der Waals surface area contributed by atoms with Crippen LogP contribution in [0.1, 0.15) is 44.3 Å². The minimum Gasteiger partial charge on any atom is -0.345 e. The number of nitrogens with one attached hydrogen (secondary N) is 2. The molecule has 5 rings (SSSR count). The monoisotopic (exact) mass is 439 g/mol. The van der Waals surface area contributed by atoms with E-state index in [0.717, 1.165) is 27.7 Å². The van der Waals surface area contributed by atoms with E-state index in [4.69, 9.17) is 0 Å². The lowest BCUT2D eigenvalue weighted by Gasteiger charge is -2.20. The Hall–Kier alpha value is -2.18. The topological polar surface area (TPSA) is 108 Å². The SMILES string of the molecule is CCC1CC(NS(=O)(=O)N2CCC(F)(F)C2)CC1c1nnc2cnc3[nH]ccc3n12. The second kappa shape index (κ2) is 6.92. The molecule has 1 saturated carbocycles. The zero-order valence-electron chi connectivity index (χ0n) is 16.4. The lowest BCUT2D eigenvalue weighted by Crippen LogP contribution is -2.44. The van der Waals surface area contributed by atoms with Gasteiger partial charge in [-0.15, -0.1) is 10.2 Å². The van der Waals surface area contributed by atoms with Crippen LogP contribution in [0.4, 0.5) is 8.78 Å². The van der Waals surface area contributed by atoms with Gasteiger partial charge in [-0.2, -0.15) is 17.4 Å². The first-order valence-electron chi connectivity index (χ1n) is 10.1. The van der Waals surface area contributed by atoms with Crippen molar-refractivity contribution in [3.8, 4) is 0 Å². The Morgan fingerprint density at radius 1 is 1.33 bits per heavy atom. The Bertz CT molecular complexity index is 1190. The van der Waals surface area contributed by atoms with Crippen molar-refractivity contribution >= 4 is 27.0 Å². The van der Waals surface area contributed by atoms with Crippen LogP contribution >= 0.6 is 0 Å². The molecule has 162 valence electrons. The normalized spacial score (nSPS) is 27.5. The van der Waals surface area contributed by atoms with Crippen molar-refractivity contribution in [3.05, 3.63) is 24.3 Å². The Morgan fingerprint density at radius 2 is 2.17 bits per heavy atom. The third kappa shape index (κ3) is 3.26. The fourth-order valence-corrected chi connectivity index (χ4v) is 6.27. The van der Waals surface area contributed by atoms with Crippen LogP contribution in [0, 0.1) is 5.92 Å². The molecule has 2 aliphatic rings. The number of hydrogen-bond acceptors (Lipinski definition) is 5. The van der Waals surface area contributed by atoms with Crippen LogP contribution in [0.3, 0.4) is 0 Å². The van der Waals surface area contributed by atoms with Gasteiger partial charge in [0.15, 0.2) is 11.3 Å². The minimum absolute atomic E-state index is 0.00165. The van der Waals surface area contributed by atoms with Crippen molar-refractivity contribution in [1.29, 1.82) is 0 Å². The molecular formula is C18H23F2N7O2S. The van der Waals surface area contributed by atoms with Crippen LogP contribution in [-0.4, -0.2) is 62.3 Å². The van der Waals surface area contributed by atoms with Crippen LogP contribution in [-0.2, 0) is 10.2 Å². The van der Waals surface area contributed by atoms with Gasteiger partial charge >= 0.3 is 0 Å². The molecule has 0 amide bonds. The molecule has 2 fully saturated rings. The highest BCUT2D eigenvalue weighted by Gasteiger charge is 2.45. The molecule has 1 aliphatic heterocycles. The minimum atomic E-state index is -3.96. The predicted molar refractivity (Wildman–Crippen MR) is 105 cm³/mol. The average molecular weight is 439 g/mol. The number of rotatable bonds is 5. The summed E-state index contributed by atoms with van der Waals surface area (Å²) in [7, 11) is -3.96. The van der Waals surface area contributed by atoms with E-state index in [1.54, 1.807) is 12.4 Å². The lowest BCUT2D eigenvalue weighted by molar-refractivity contribution is 0.0182. The molecule has 4 heterocycles. The molecule has 1 saturated heterocycles. The molecule has 0 bridgehead atoms. The second-order valence-corrected chi connectivity index (χ2v) is 9.93. The molecule has 3 unspecified atom stereocenters. The van der Waals surface area contributed by atoms with E-state index in [9.17, 15) is 17.2 Å². The number of halogens is 2. The van der Waals surface area contributed by atoms with Crippen molar-refractivity contribution in [2.45, 2.75) is 50.5 Å². The average Bonchev–Trinajstić information content (AvgIpc) is 3.44. The Balaban J connectivity index is 1.42. The second-order valence-electron chi connectivity index (χ2n) is 8.23. The highest BCUT2D eigenvalue weighted by molar-refractivity contribution is 7.87. The Kier molecular flexibility index (Phi) is 4.56. The molecule has 3 aromatic heterocycles. The van der Waals surface area contributed by atoms with E-state index in [0.29, 0.717) is 18.5 Å². The summed E-state index contributed by atoms with van der Waals surface area (Å²) < 4.78 is 57.8. The van der Waals surface area contributed by atoms with Crippen LogP contribution in [0.25, 0.3) is 16.8 Å². The number of fused-ring (bicyclic) bond motifs is 3. The maximum Gasteiger partial charge on any atom is 0.279 e. The summed E-state index contributed by atoms with van der Waals surface area (Å²) >= 11 is 0. The molecule has 2 N–H and O–H groups in total. The summed E-state index contributed by atoms with van der Waals surface area (Å²) in [6.07, 6.45) is 5.03. The van der Waals surface area contributed by atoms with Gasteiger partial charge in [-0.25, -0.2) is 13.8 Å². The third-order valence-corrected chi connectivity index (χ3v) is 7.93. The van der Waals surface area contributed by atoms with Crippen molar-refractivity contribution in [2.75, 3.05) is 13.1 Å². The third-order valence-electron chi connectivity index (χ3n) is 6.31. The first kappa shape index (κ1) is 19.8. The zero-order valence-corrected chi connectivity index (χ0v) is 17.2. The number of hydrogen-bond donors (Lipinski definition) is 2. The Morgan fingerprint density at radius 3 is 2.90 bits per heavy atom. The van der Waals surface area contributed by atoms with E-state index >= 15 is 0 Å². The lowest BCUT2D eigenvalue weighted by atomic mass is 9.93. The maximum absolute atomic E-state index is 13.5. The van der Waals surface area contributed by atoms with Gasteiger partial charge in [0, 0.05) is 31.1 Å². The van der Waals surface area contributed by atoms with Gasteiger partial charge in [0.2, 0.25) is 0 Å². The van der Waals surface area contributed by atoms with Gasteiger partial charge < -0.3 is 4.98 Å². The van der Waals surface area contributed by atoms with Crippen LogP contribution in [0.15, 0.2) is 18.5 Å². The number of nitrogens with zero attached hydrogens (tertiary/aromatic N) is 5. The van der Waals surface area contributed by atoms with E-state index in [1.165, 1.54) is 0 Å². The Labute approximate surface area is 172 Å². The quantitative estimate of drug-likeness (QED) is 0.633. The molecule has 0 radical (unpaired) electrons. The van der Waals surface area contributed by atoms with Gasteiger partial charge in [0.1, 0.15) is 5.82 Å². The first-order chi connectivity index (χ1) is 14.3. The largest absolute Gasteiger partial charge is 0.345 e. The van der Waals surface area contributed by atoms with Crippen molar-refractivity contribution in [1.82, 2.24) is 33.6 Å². The fourth-order valence-electron chi connectivity index (χ4n) is 4.82. The number of aromatic amines is 1. The highest BCUT2D eigenvalue weighted by atomic mass is 32.2. The summed E-state index contributed by atoms with van der Waals surface area (Å²) in [6.45, 7) is 1.14. The number of alkyl halides is 2. The first-order valence-corrected chi connectivity index (χ1v) is 11.5. The molecule has 30 heavy (non-hydrogen) atoms. The standard InChI is InChI=1S/C18H23F2N7O2S/c1-2-11-7-12(25-30(28,29)26-6-4-18(19,20)10-26)8-13(11)17-24-23-15-9-22-16-14(27(15)17)3-5-21-16/h3,5,9,11-13,21,25H,2,4,6-8,10H2,1H3. The molecule has 0 spiro atoms. The van der Waals surface area contributed by atoms with Crippen LogP contribution in [0.5, 0.6) is 0 Å². The summed E-state index contributed by atoms with van der Waals surface area (Å²) in [5.74, 6) is -1.99. The molecule has 3 aromatic rings. The van der Waals surface area contributed by atoms with Crippen molar-refractivity contribution < 1.29 is 17.2 Å². The summed E-state index contributed by atoms with van der Waals surface area (Å²) in [4.78, 5) is 7.41. The molecule has 12 heteroatoms. The van der Waals surface area contributed by atoms with Gasteiger partial charge in [-0.1, -0.05) is 13.3 Å². The molecule has 1 aliphatic carbocycles. The van der Waals surface area contributed by atoms with E-state index in [-0.39, 0.29) is 24.4 Å². The molecule has 0 aromatic carbocycles. The predicted octanol–water partition coefficient (Wildman–Crippen LogP) is 2.05. The van der Waals surface area contributed by atoms with Crippen LogP contribution in [0.2, 0.25) is 0 Å². The molecule has 9 nitrogen and oxygen atoms in total. The summed E-state index contributed by atoms with van der Waals surface area (Å²) in [6, 6.07) is 1.57. The van der Waals surface area contributed by atoms with E-state index < -0.39 is 29.1 Å². The van der Waals surface area contributed by atoms with Gasteiger partial charge in [-0.3, -0.25) is 4.40 Å². The highest BCUT2D eigenvalue weighted by Crippen LogP contribution is 2.42. The molecule has 3 atom stereocenters. The maximum atomic E-state index is 13.5. The van der Waals surface area contributed by atoms with Gasteiger partial charge in [0.05, 0.1) is 18.3 Å². The summed E-state index contributed by atoms with van der Waals surface area (Å²) in [5, 5.41) is 8.65. The van der Waals surface area contributed by atoms with Crippen molar-refractivity contribution in [2.24, 2.45) is 5.92 Å². The number of aromatic nitrogens is 5. The van der Waals surface area contributed by atoms with Gasteiger partial charge in [0.25, 0.3) is 16.1 Å². The van der Waals surface area contributed by atoms with E-state index in [2.05, 4.69) is 31.8 Å². The smallest absolute Gasteiger partial charge is 0.279 e. The van der Waals surface area contributed by atoms with Crippen molar-refractivity contribution in [3.63, 3.8) is 0 Å². The van der Waals surface area contributed by atoms with Crippen LogP contribution < -0.4 is 4.72 Å². The summed E-state index contributed by atoms with van der Waals surface area (Å²) in [5.41, 5.74) is 2.22. The van der Waals surface area contributed by atoms with Gasteiger partial charge in [-0.05, 0) is 24.8 Å². The fraction of sp³-hybridized carbons (Fsp3) is 0.611. The molecular weight excluding hydrogens is 416 g/mol. The zero-order chi connectivity index (χ0) is 21.1.